The summed E-state index contributed by atoms with van der Waals surface area (Å²) in [4.78, 5) is 49.5. The number of piperidine rings is 2. The highest BCUT2D eigenvalue weighted by molar-refractivity contribution is 6.63. The quantitative estimate of drug-likeness (QED) is 0.147. The second-order valence-electron chi connectivity index (χ2n) is 15.3. The highest BCUT2D eigenvalue weighted by atomic mass is 35.5. The zero-order valence-corrected chi connectivity index (χ0v) is 34.5. The second kappa shape index (κ2) is 22.9. The number of nitrogens with two attached hydrogens (primary N) is 1. The van der Waals surface area contributed by atoms with E-state index in [1.807, 2.05) is 77.9 Å². The minimum absolute atomic E-state index is 0.0115. The minimum atomic E-state index is -0.468. The Balaban J connectivity index is 0.000000318. The van der Waals surface area contributed by atoms with Crippen LogP contribution in [0.2, 0.25) is 0 Å². The van der Waals surface area contributed by atoms with Crippen molar-refractivity contribution in [2.24, 2.45) is 0 Å². The molecule has 0 saturated carbocycles. The SMILES string of the molecule is CC(C)(C)OC(=O)N1CCC(c2cccc(N)c2)CC1.CC(C)(C)OC(=O)N1CCC(c2cccc(NC(=O)CCCCl)c2)CC1.O=C(Cl)CCCCl. The first kappa shape index (κ1) is 45.9. The Morgan fingerprint density at radius 1 is 0.717 bits per heavy atom. The third kappa shape index (κ3) is 19.1. The predicted octanol–water partition coefficient (Wildman–Crippen LogP) is 9.91. The number of carbonyl (C=O) groups excluding carboxylic acids is 4. The maximum absolute atomic E-state index is 12.2. The van der Waals surface area contributed by atoms with Gasteiger partial charge in [-0.3, -0.25) is 9.59 Å². The molecule has 0 bridgehead atoms. The zero-order valence-electron chi connectivity index (χ0n) is 32.2. The summed E-state index contributed by atoms with van der Waals surface area (Å²) in [6.45, 7) is 14.2. The van der Waals surface area contributed by atoms with Crippen molar-refractivity contribution < 1.29 is 28.7 Å². The number of hydrogen-bond acceptors (Lipinski definition) is 7. The Hall–Kier alpha value is -3.21. The Bertz CT molecular complexity index is 1450. The number of alkyl halides is 2. The summed E-state index contributed by atoms with van der Waals surface area (Å²) in [5.41, 5.74) is 9.02. The van der Waals surface area contributed by atoms with E-state index in [2.05, 4.69) is 17.4 Å². The van der Waals surface area contributed by atoms with Crippen LogP contribution >= 0.6 is 34.8 Å². The van der Waals surface area contributed by atoms with Crippen LogP contribution in [-0.2, 0) is 19.1 Å². The van der Waals surface area contributed by atoms with Crippen molar-refractivity contribution in [1.82, 2.24) is 9.80 Å². The third-order valence-corrected chi connectivity index (χ3v) is 9.09. The van der Waals surface area contributed by atoms with Crippen molar-refractivity contribution in [3.8, 4) is 0 Å². The van der Waals surface area contributed by atoms with Gasteiger partial charge in [-0.15, -0.1) is 23.2 Å². The van der Waals surface area contributed by atoms with Gasteiger partial charge in [0.1, 0.15) is 11.2 Å². The van der Waals surface area contributed by atoms with Gasteiger partial charge in [-0.25, -0.2) is 9.59 Å². The first-order valence-electron chi connectivity index (χ1n) is 18.4. The molecule has 2 aromatic carbocycles. The van der Waals surface area contributed by atoms with Crippen LogP contribution in [0.15, 0.2) is 48.5 Å². The Morgan fingerprint density at radius 3 is 1.55 bits per heavy atom. The minimum Gasteiger partial charge on any atom is -0.444 e. The summed E-state index contributed by atoms with van der Waals surface area (Å²) in [5.74, 6) is 1.86. The van der Waals surface area contributed by atoms with E-state index in [4.69, 9.17) is 50.0 Å². The van der Waals surface area contributed by atoms with E-state index in [1.165, 1.54) is 11.1 Å². The number of amides is 3. The van der Waals surface area contributed by atoms with Crippen LogP contribution in [0, 0.1) is 0 Å². The van der Waals surface area contributed by atoms with Crippen LogP contribution in [0.1, 0.15) is 116 Å². The largest absolute Gasteiger partial charge is 0.444 e. The van der Waals surface area contributed by atoms with E-state index in [0.717, 1.165) is 50.1 Å². The van der Waals surface area contributed by atoms with Crippen molar-refractivity contribution >= 4 is 69.5 Å². The molecular weight excluding hydrogens is 739 g/mol. The molecule has 3 amide bonds. The number of benzene rings is 2. The number of hydrogen-bond donors (Lipinski definition) is 2. The number of carbonyl (C=O) groups is 4. The summed E-state index contributed by atoms with van der Waals surface area (Å²) in [7, 11) is 0. The number of rotatable bonds is 9. The molecule has 0 atom stereocenters. The number of ether oxygens (including phenoxy) is 2. The lowest BCUT2D eigenvalue weighted by Gasteiger charge is -2.33. The van der Waals surface area contributed by atoms with Gasteiger partial charge in [0, 0.05) is 62.2 Å². The lowest BCUT2D eigenvalue weighted by atomic mass is 9.89. The molecule has 10 nitrogen and oxygen atoms in total. The van der Waals surface area contributed by atoms with Crippen LogP contribution in [0.25, 0.3) is 0 Å². The van der Waals surface area contributed by atoms with E-state index in [1.54, 1.807) is 9.80 Å². The summed E-state index contributed by atoms with van der Waals surface area (Å²) < 4.78 is 10.8. The van der Waals surface area contributed by atoms with Gasteiger partial charge in [-0.2, -0.15) is 0 Å². The number of nitrogens with one attached hydrogen (secondary N) is 1. The highest BCUT2D eigenvalue weighted by Crippen LogP contribution is 2.31. The van der Waals surface area contributed by atoms with Crippen molar-refractivity contribution in [1.29, 1.82) is 0 Å². The first-order valence-corrected chi connectivity index (χ1v) is 19.9. The molecule has 2 heterocycles. The summed E-state index contributed by atoms with van der Waals surface area (Å²) in [5, 5.41) is 2.62. The zero-order chi connectivity index (χ0) is 39.6. The Morgan fingerprint density at radius 2 is 1.15 bits per heavy atom. The fourth-order valence-electron chi connectivity index (χ4n) is 5.78. The van der Waals surface area contributed by atoms with E-state index in [-0.39, 0.29) is 23.3 Å². The predicted molar refractivity (Wildman–Crippen MR) is 216 cm³/mol. The molecule has 296 valence electrons. The molecule has 2 saturated heterocycles. The molecule has 13 heteroatoms. The van der Waals surface area contributed by atoms with E-state index in [9.17, 15) is 19.2 Å². The van der Waals surface area contributed by atoms with Gasteiger partial charge in [0.2, 0.25) is 11.1 Å². The summed E-state index contributed by atoms with van der Waals surface area (Å²) in [6, 6.07) is 16.0. The van der Waals surface area contributed by atoms with Gasteiger partial charge in [0.05, 0.1) is 0 Å². The molecule has 0 unspecified atom stereocenters. The molecule has 0 radical (unpaired) electrons. The number of likely N-dealkylation sites (tertiary alicyclic amines) is 2. The summed E-state index contributed by atoms with van der Waals surface area (Å²) in [6.07, 6.45) is 5.45. The van der Waals surface area contributed by atoms with Crippen molar-refractivity contribution in [3.05, 3.63) is 59.7 Å². The monoisotopic (exact) mass is 796 g/mol. The third-order valence-electron chi connectivity index (χ3n) is 8.36. The average Bonchev–Trinajstić information content (AvgIpc) is 3.09. The number of anilines is 2. The van der Waals surface area contributed by atoms with Crippen LogP contribution in [0.5, 0.6) is 0 Å². The van der Waals surface area contributed by atoms with Gasteiger partial charge in [0.25, 0.3) is 0 Å². The van der Waals surface area contributed by atoms with Gasteiger partial charge < -0.3 is 30.3 Å². The standard InChI is InChI=1S/C20H29ClN2O3.C16H24N2O2.C4H6Cl2O/c1-20(2,3)26-19(25)23-12-9-15(10-13-23)16-6-4-7-17(14-16)22-18(24)8-5-11-21;1-16(2,3)20-15(19)18-9-7-12(8-10-18)13-5-4-6-14(17)11-13;5-3-1-2-4(6)7/h4,6-7,14-15H,5,8-13H2,1-3H3,(H,22,24);4-6,11-12H,7-10,17H2,1-3H3;1-3H2. The molecule has 2 aliphatic heterocycles. The molecule has 3 N–H and O–H groups in total. The second-order valence-corrected chi connectivity index (χ2v) is 16.4. The van der Waals surface area contributed by atoms with Gasteiger partial charge >= 0.3 is 12.2 Å². The van der Waals surface area contributed by atoms with E-state index in [0.29, 0.717) is 62.4 Å². The molecule has 0 spiro atoms. The van der Waals surface area contributed by atoms with Gasteiger partial charge in [-0.05, 0) is 139 Å². The lowest BCUT2D eigenvalue weighted by Crippen LogP contribution is -2.41. The van der Waals surface area contributed by atoms with Crippen LogP contribution < -0.4 is 11.1 Å². The molecule has 53 heavy (non-hydrogen) atoms. The molecule has 0 aromatic heterocycles. The molecule has 4 rings (SSSR count). The maximum Gasteiger partial charge on any atom is 0.410 e. The van der Waals surface area contributed by atoms with Crippen LogP contribution in [-0.4, -0.2) is 82.3 Å². The number of halogens is 3. The Labute approximate surface area is 331 Å². The van der Waals surface area contributed by atoms with Crippen molar-refractivity contribution in [3.63, 3.8) is 0 Å². The normalized spacial score (nSPS) is 15.3. The fraction of sp³-hybridized carbons (Fsp3) is 0.600. The topological polar surface area (TPSA) is 131 Å². The number of nitrogens with zero attached hydrogens (tertiary/aromatic N) is 2. The first-order chi connectivity index (χ1) is 24.9. The molecule has 2 aliphatic rings. The average molecular weight is 798 g/mol. The van der Waals surface area contributed by atoms with Crippen LogP contribution in [0.3, 0.4) is 0 Å². The molecule has 0 aliphatic carbocycles. The Kier molecular flexibility index (Phi) is 19.8. The lowest BCUT2D eigenvalue weighted by molar-refractivity contribution is -0.116. The van der Waals surface area contributed by atoms with E-state index < -0.39 is 11.2 Å². The van der Waals surface area contributed by atoms with Crippen molar-refractivity contribution in [2.75, 3.05) is 49.0 Å². The van der Waals surface area contributed by atoms with Crippen LogP contribution in [0.4, 0.5) is 21.0 Å². The van der Waals surface area contributed by atoms with Crippen molar-refractivity contribution in [2.45, 2.75) is 116 Å². The molecule has 2 fully saturated rings. The van der Waals surface area contributed by atoms with E-state index >= 15 is 0 Å². The fourth-order valence-corrected chi connectivity index (χ4v) is 6.18. The number of nitrogen functional groups attached to an aromatic ring is 1. The smallest absolute Gasteiger partial charge is 0.410 e. The van der Waals surface area contributed by atoms with Gasteiger partial charge in [0.15, 0.2) is 0 Å². The highest BCUT2D eigenvalue weighted by Gasteiger charge is 2.29. The molecular formula is C40H59Cl3N4O6. The van der Waals surface area contributed by atoms with Gasteiger partial charge in [-0.1, -0.05) is 24.3 Å². The maximum atomic E-state index is 12.2. The molecule has 2 aromatic rings. The summed E-state index contributed by atoms with van der Waals surface area (Å²) >= 11 is 15.8.